The third-order valence-electron chi connectivity index (χ3n) is 8.01. The average molecular weight is 476 g/mol. The van der Waals surface area contributed by atoms with E-state index in [1.807, 2.05) is 0 Å². The van der Waals surface area contributed by atoms with Gasteiger partial charge in [0.25, 0.3) is 0 Å². The second kappa shape index (κ2) is 16.8. The second-order valence-corrected chi connectivity index (χ2v) is 10.9. The number of allylic oxidation sites excluding steroid dienone is 4. The van der Waals surface area contributed by atoms with Gasteiger partial charge in [0, 0.05) is 24.7 Å². The standard InChI is InChI=1S/C34H53N/c1-3-5-7-9-11-13-15-21-27-35(28-22-16-14-12-10-8-6-4-2)33-29-31-25-19-20-26-32(31)34(33)30-23-17-18-24-30/h17-20,23,25-26,29,34H,3-16,21-22,24,27-28H2,1-2H3. The first-order valence-electron chi connectivity index (χ1n) is 15.3. The molecule has 194 valence electrons. The molecule has 0 fully saturated rings. The van der Waals surface area contributed by atoms with Crippen molar-refractivity contribution in [3.05, 3.63) is 64.9 Å². The molecule has 35 heavy (non-hydrogen) atoms. The number of rotatable bonds is 20. The van der Waals surface area contributed by atoms with Crippen LogP contribution in [0.4, 0.5) is 0 Å². The van der Waals surface area contributed by atoms with Gasteiger partial charge in [0.05, 0.1) is 0 Å². The normalized spacial score (nSPS) is 16.5. The van der Waals surface area contributed by atoms with Gasteiger partial charge in [-0.3, -0.25) is 0 Å². The van der Waals surface area contributed by atoms with Gasteiger partial charge < -0.3 is 4.90 Å². The van der Waals surface area contributed by atoms with Crippen molar-refractivity contribution >= 4 is 6.08 Å². The van der Waals surface area contributed by atoms with Crippen molar-refractivity contribution in [2.75, 3.05) is 13.1 Å². The quantitative estimate of drug-likeness (QED) is 0.169. The first-order valence-corrected chi connectivity index (χ1v) is 15.3. The van der Waals surface area contributed by atoms with E-state index in [1.165, 1.54) is 127 Å². The molecular formula is C34H53N. The summed E-state index contributed by atoms with van der Waals surface area (Å²) in [6.45, 7) is 7.06. The number of unbranched alkanes of at least 4 members (excludes halogenated alkanes) is 14. The molecule has 0 bridgehead atoms. The van der Waals surface area contributed by atoms with Crippen LogP contribution in [-0.2, 0) is 0 Å². The molecule has 1 unspecified atom stereocenters. The summed E-state index contributed by atoms with van der Waals surface area (Å²) in [6, 6.07) is 9.13. The Labute approximate surface area is 217 Å². The minimum atomic E-state index is 0.462. The predicted molar refractivity (Wildman–Crippen MR) is 156 cm³/mol. The largest absolute Gasteiger partial charge is 0.374 e. The van der Waals surface area contributed by atoms with Gasteiger partial charge in [0.15, 0.2) is 0 Å². The fraction of sp³-hybridized carbons (Fsp3) is 0.647. The lowest BCUT2D eigenvalue weighted by Gasteiger charge is -2.31. The average Bonchev–Trinajstić information content (AvgIpc) is 3.53. The van der Waals surface area contributed by atoms with Crippen LogP contribution >= 0.6 is 0 Å². The van der Waals surface area contributed by atoms with Crippen LogP contribution in [0.15, 0.2) is 53.8 Å². The summed E-state index contributed by atoms with van der Waals surface area (Å²) in [5, 5.41) is 0. The van der Waals surface area contributed by atoms with Gasteiger partial charge in [0.1, 0.15) is 0 Å². The summed E-state index contributed by atoms with van der Waals surface area (Å²) in [6.07, 6.45) is 32.9. The number of hydrogen-bond donors (Lipinski definition) is 0. The van der Waals surface area contributed by atoms with Crippen molar-refractivity contribution in [2.24, 2.45) is 0 Å². The molecule has 0 saturated carbocycles. The van der Waals surface area contributed by atoms with Gasteiger partial charge in [-0.05, 0) is 36.5 Å². The predicted octanol–water partition coefficient (Wildman–Crippen LogP) is 10.6. The zero-order valence-electron chi connectivity index (χ0n) is 23.1. The topological polar surface area (TPSA) is 3.24 Å². The minimum absolute atomic E-state index is 0.462. The summed E-state index contributed by atoms with van der Waals surface area (Å²) in [5.41, 5.74) is 6.12. The number of fused-ring (bicyclic) bond motifs is 1. The van der Waals surface area contributed by atoms with Crippen molar-refractivity contribution in [2.45, 2.75) is 129 Å². The molecule has 0 spiro atoms. The van der Waals surface area contributed by atoms with Gasteiger partial charge >= 0.3 is 0 Å². The zero-order valence-corrected chi connectivity index (χ0v) is 23.1. The third kappa shape index (κ3) is 9.32. The van der Waals surface area contributed by atoms with E-state index in [0.717, 1.165) is 6.42 Å². The van der Waals surface area contributed by atoms with E-state index >= 15 is 0 Å². The third-order valence-corrected chi connectivity index (χ3v) is 8.01. The fourth-order valence-electron chi connectivity index (χ4n) is 5.89. The Kier molecular flexibility index (Phi) is 13.4. The highest BCUT2D eigenvalue weighted by atomic mass is 15.1. The molecule has 1 aromatic carbocycles. The SMILES string of the molecule is CCCCCCCCCCN(CCCCCCCCCC)C1=Cc2ccccc2C1C1=CC=CC1. The van der Waals surface area contributed by atoms with Crippen LogP contribution in [0.2, 0.25) is 0 Å². The van der Waals surface area contributed by atoms with Gasteiger partial charge in [-0.25, -0.2) is 0 Å². The molecule has 0 saturated heterocycles. The summed E-state index contributed by atoms with van der Waals surface area (Å²) in [5.74, 6) is 0.462. The Balaban J connectivity index is 1.55. The van der Waals surface area contributed by atoms with Crippen LogP contribution in [0, 0.1) is 0 Å². The lowest BCUT2D eigenvalue weighted by Crippen LogP contribution is -2.28. The second-order valence-electron chi connectivity index (χ2n) is 10.9. The van der Waals surface area contributed by atoms with Crippen LogP contribution in [0.5, 0.6) is 0 Å². The Morgan fingerprint density at radius 2 is 1.23 bits per heavy atom. The van der Waals surface area contributed by atoms with Crippen molar-refractivity contribution in [1.82, 2.24) is 4.90 Å². The monoisotopic (exact) mass is 475 g/mol. The molecule has 2 aliphatic rings. The molecular weight excluding hydrogens is 422 g/mol. The van der Waals surface area contributed by atoms with E-state index in [4.69, 9.17) is 0 Å². The fourth-order valence-corrected chi connectivity index (χ4v) is 5.89. The van der Waals surface area contributed by atoms with E-state index < -0.39 is 0 Å². The molecule has 0 N–H and O–H groups in total. The van der Waals surface area contributed by atoms with Crippen LogP contribution in [0.1, 0.15) is 140 Å². The van der Waals surface area contributed by atoms with E-state index in [2.05, 4.69) is 67.3 Å². The molecule has 1 atom stereocenters. The highest BCUT2D eigenvalue weighted by Gasteiger charge is 2.31. The van der Waals surface area contributed by atoms with E-state index in [9.17, 15) is 0 Å². The van der Waals surface area contributed by atoms with E-state index in [0.29, 0.717) is 5.92 Å². The van der Waals surface area contributed by atoms with E-state index in [1.54, 1.807) is 11.3 Å². The summed E-state index contributed by atoms with van der Waals surface area (Å²) in [7, 11) is 0. The maximum Gasteiger partial charge on any atom is 0.0461 e. The van der Waals surface area contributed by atoms with Gasteiger partial charge in [0.2, 0.25) is 0 Å². The molecule has 3 rings (SSSR count). The maximum atomic E-state index is 2.79. The summed E-state index contributed by atoms with van der Waals surface area (Å²) in [4.78, 5) is 2.79. The molecule has 0 amide bonds. The summed E-state index contributed by atoms with van der Waals surface area (Å²) >= 11 is 0. The molecule has 2 aliphatic carbocycles. The van der Waals surface area contributed by atoms with Crippen molar-refractivity contribution < 1.29 is 0 Å². The molecule has 0 aromatic heterocycles. The first-order chi connectivity index (χ1) is 17.3. The highest BCUT2D eigenvalue weighted by Crippen LogP contribution is 2.45. The Hall–Kier alpha value is -1.76. The summed E-state index contributed by atoms with van der Waals surface area (Å²) < 4.78 is 0. The maximum absolute atomic E-state index is 2.79. The molecule has 1 nitrogen and oxygen atoms in total. The lowest BCUT2D eigenvalue weighted by molar-refractivity contribution is 0.313. The van der Waals surface area contributed by atoms with Crippen LogP contribution < -0.4 is 0 Å². The molecule has 1 aromatic rings. The zero-order chi connectivity index (χ0) is 24.6. The first kappa shape index (κ1) is 27.8. The Morgan fingerprint density at radius 1 is 0.686 bits per heavy atom. The molecule has 1 heteroatoms. The molecule has 0 radical (unpaired) electrons. The van der Waals surface area contributed by atoms with Crippen molar-refractivity contribution in [1.29, 1.82) is 0 Å². The number of nitrogens with zero attached hydrogens (tertiary/aromatic N) is 1. The van der Waals surface area contributed by atoms with Crippen molar-refractivity contribution in [3.8, 4) is 0 Å². The molecule has 0 heterocycles. The van der Waals surface area contributed by atoms with Crippen LogP contribution in [-0.4, -0.2) is 18.0 Å². The number of hydrogen-bond acceptors (Lipinski definition) is 1. The van der Waals surface area contributed by atoms with Gasteiger partial charge in [-0.15, -0.1) is 0 Å². The minimum Gasteiger partial charge on any atom is -0.374 e. The smallest absolute Gasteiger partial charge is 0.0461 e. The van der Waals surface area contributed by atoms with E-state index in [-0.39, 0.29) is 0 Å². The Morgan fingerprint density at radius 3 is 1.77 bits per heavy atom. The highest BCUT2D eigenvalue weighted by molar-refractivity contribution is 5.69. The Bertz CT molecular complexity index is 779. The molecule has 0 aliphatic heterocycles. The van der Waals surface area contributed by atoms with Crippen LogP contribution in [0.25, 0.3) is 6.08 Å². The lowest BCUT2D eigenvalue weighted by atomic mass is 9.89. The van der Waals surface area contributed by atoms with Gasteiger partial charge in [-0.2, -0.15) is 0 Å². The van der Waals surface area contributed by atoms with Gasteiger partial charge in [-0.1, -0.05) is 152 Å². The van der Waals surface area contributed by atoms with Crippen molar-refractivity contribution in [3.63, 3.8) is 0 Å². The van der Waals surface area contributed by atoms with Crippen LogP contribution in [0.3, 0.4) is 0 Å². The number of benzene rings is 1.